The van der Waals surface area contributed by atoms with Crippen LogP contribution < -0.4 is 10.5 Å². The van der Waals surface area contributed by atoms with Crippen molar-refractivity contribution < 1.29 is 9.18 Å². The molecule has 3 aliphatic rings. The van der Waals surface area contributed by atoms with Gasteiger partial charge in [-0.15, -0.1) is 12.3 Å². The van der Waals surface area contributed by atoms with E-state index in [1.54, 1.807) is 6.92 Å². The molecule has 0 spiro atoms. The van der Waals surface area contributed by atoms with E-state index in [2.05, 4.69) is 34.6 Å². The van der Waals surface area contributed by atoms with Crippen molar-refractivity contribution in [1.82, 2.24) is 4.37 Å². The van der Waals surface area contributed by atoms with E-state index < -0.39 is 0 Å². The minimum atomic E-state index is -0.380. The third kappa shape index (κ3) is 4.89. The number of allylic oxidation sites excluding steroid dienone is 4. The second-order valence-electron chi connectivity index (χ2n) is 8.38. The topological polar surface area (TPSA) is 53.2 Å². The maximum absolute atomic E-state index is 15.1. The lowest BCUT2D eigenvalue weighted by molar-refractivity contribution is 0.103. The first-order valence-corrected chi connectivity index (χ1v) is 12.3. The molecule has 5 rings (SSSR count). The number of hydrogen-bond acceptors (Lipinski definition) is 4. The Kier molecular flexibility index (Phi) is 7.76. The molecule has 4 nitrogen and oxygen atoms in total. The van der Waals surface area contributed by atoms with Crippen LogP contribution in [0.2, 0.25) is 0 Å². The van der Waals surface area contributed by atoms with Crippen LogP contribution in [0.1, 0.15) is 80.4 Å². The van der Waals surface area contributed by atoms with Crippen molar-refractivity contribution in [2.45, 2.75) is 66.0 Å². The van der Waals surface area contributed by atoms with Gasteiger partial charge in [-0.3, -0.25) is 14.0 Å². The molecule has 2 aliphatic carbocycles. The number of hydrogen-bond donors (Lipinski definition) is 1. The number of fused-ring (bicyclic) bond motifs is 2. The van der Waals surface area contributed by atoms with Crippen LogP contribution in [0.15, 0.2) is 40.7 Å². The van der Waals surface area contributed by atoms with E-state index in [0.29, 0.717) is 28.7 Å². The lowest BCUT2D eigenvalue weighted by Gasteiger charge is -2.25. The van der Waals surface area contributed by atoms with Crippen molar-refractivity contribution >= 4 is 22.3 Å². The van der Waals surface area contributed by atoms with Gasteiger partial charge in [-0.1, -0.05) is 44.6 Å². The SMILES string of the molecule is C#CC.CC.CC1=CC(C)C(c2cc3c(cc2F)C(=O)c2c(s[nH]c2=O)N(C2CC2)C3)C=C1. The summed E-state index contributed by atoms with van der Waals surface area (Å²) >= 11 is 1.21. The molecular formula is C27H31FN2O2S. The normalized spacial score (nSPS) is 20.7. The van der Waals surface area contributed by atoms with Gasteiger partial charge in [0.05, 0.1) is 0 Å². The molecule has 1 fully saturated rings. The summed E-state index contributed by atoms with van der Waals surface area (Å²) in [5.41, 5.74) is 2.70. The molecule has 2 atom stereocenters. The summed E-state index contributed by atoms with van der Waals surface area (Å²) < 4.78 is 17.8. The second kappa shape index (κ2) is 10.4. The number of benzene rings is 1. The molecule has 6 heteroatoms. The Morgan fingerprint density at radius 3 is 2.52 bits per heavy atom. The smallest absolute Gasteiger partial charge is 0.271 e. The van der Waals surface area contributed by atoms with Crippen LogP contribution in [0.3, 0.4) is 0 Å². The van der Waals surface area contributed by atoms with Gasteiger partial charge in [0, 0.05) is 24.1 Å². The van der Waals surface area contributed by atoms with Gasteiger partial charge in [-0.05, 0) is 67.4 Å². The average Bonchev–Trinajstić information content (AvgIpc) is 3.57. The highest BCUT2D eigenvalue weighted by molar-refractivity contribution is 7.10. The van der Waals surface area contributed by atoms with Crippen LogP contribution in [-0.4, -0.2) is 16.2 Å². The van der Waals surface area contributed by atoms with Gasteiger partial charge < -0.3 is 4.90 Å². The van der Waals surface area contributed by atoms with Gasteiger partial charge in [0.15, 0.2) is 0 Å². The number of ketones is 1. The quantitative estimate of drug-likeness (QED) is 0.537. The number of aromatic amines is 1. The van der Waals surface area contributed by atoms with E-state index in [0.717, 1.165) is 18.4 Å². The van der Waals surface area contributed by atoms with Gasteiger partial charge in [0.2, 0.25) is 5.78 Å². The van der Waals surface area contributed by atoms with E-state index in [-0.39, 0.29) is 34.6 Å². The Balaban J connectivity index is 0.000000569. The molecule has 1 aromatic heterocycles. The highest BCUT2D eigenvalue weighted by Gasteiger charge is 2.38. The summed E-state index contributed by atoms with van der Waals surface area (Å²) in [5, 5.41) is 0.695. The predicted molar refractivity (Wildman–Crippen MR) is 135 cm³/mol. The van der Waals surface area contributed by atoms with Crippen molar-refractivity contribution in [3.63, 3.8) is 0 Å². The first-order chi connectivity index (χ1) is 15.8. The number of rotatable bonds is 2. The number of terminal acetylenes is 1. The Labute approximate surface area is 199 Å². The van der Waals surface area contributed by atoms with Crippen LogP contribution in [0, 0.1) is 24.1 Å². The number of carbonyl (C=O) groups is 1. The van der Waals surface area contributed by atoms with Gasteiger partial charge in [0.1, 0.15) is 16.4 Å². The molecule has 174 valence electrons. The van der Waals surface area contributed by atoms with Crippen molar-refractivity contribution in [3.8, 4) is 12.3 Å². The number of nitrogens with one attached hydrogen (secondary N) is 1. The zero-order valence-electron chi connectivity index (χ0n) is 19.9. The molecule has 33 heavy (non-hydrogen) atoms. The fraction of sp³-hybridized carbons (Fsp3) is 0.407. The lowest BCUT2D eigenvalue weighted by atomic mass is 9.81. The maximum Gasteiger partial charge on any atom is 0.271 e. The summed E-state index contributed by atoms with van der Waals surface area (Å²) in [5.74, 6) is 1.63. The van der Waals surface area contributed by atoms with Gasteiger partial charge in [0.25, 0.3) is 5.56 Å². The van der Waals surface area contributed by atoms with Crippen LogP contribution in [0.4, 0.5) is 9.39 Å². The summed E-state index contributed by atoms with van der Waals surface area (Å²) in [6, 6.07) is 3.54. The van der Waals surface area contributed by atoms with Gasteiger partial charge in [-0.2, -0.15) is 0 Å². The fourth-order valence-corrected chi connectivity index (χ4v) is 5.30. The summed E-state index contributed by atoms with van der Waals surface area (Å²) in [4.78, 5) is 27.6. The summed E-state index contributed by atoms with van der Waals surface area (Å²) in [6.07, 6.45) is 12.9. The van der Waals surface area contributed by atoms with Crippen molar-refractivity contribution in [3.05, 3.63) is 74.4 Å². The van der Waals surface area contributed by atoms with Crippen LogP contribution in [0.25, 0.3) is 0 Å². The molecule has 2 heterocycles. The molecule has 1 aliphatic heterocycles. The molecule has 1 aromatic carbocycles. The Morgan fingerprint density at radius 2 is 1.91 bits per heavy atom. The first-order valence-electron chi connectivity index (χ1n) is 11.4. The summed E-state index contributed by atoms with van der Waals surface area (Å²) in [6.45, 7) is 10.3. The Morgan fingerprint density at radius 1 is 1.24 bits per heavy atom. The van der Waals surface area contributed by atoms with Crippen LogP contribution in [0.5, 0.6) is 0 Å². The molecular weight excluding hydrogens is 435 g/mol. The van der Waals surface area contributed by atoms with Crippen molar-refractivity contribution in [1.29, 1.82) is 0 Å². The van der Waals surface area contributed by atoms with Crippen LogP contribution >= 0.6 is 11.5 Å². The average molecular weight is 467 g/mol. The predicted octanol–water partition coefficient (Wildman–Crippen LogP) is 6.19. The molecule has 0 radical (unpaired) electrons. The number of aromatic nitrogens is 1. The largest absolute Gasteiger partial charge is 0.354 e. The molecule has 2 unspecified atom stereocenters. The number of anilines is 1. The number of nitrogens with zero attached hydrogens (tertiary/aromatic N) is 1. The van der Waals surface area contributed by atoms with Crippen LogP contribution in [-0.2, 0) is 6.54 Å². The highest BCUT2D eigenvalue weighted by atomic mass is 32.1. The molecule has 0 saturated heterocycles. The number of carbonyl (C=O) groups excluding carboxylic acids is 1. The first kappa shape index (κ1) is 24.7. The summed E-state index contributed by atoms with van der Waals surface area (Å²) in [7, 11) is 0. The van der Waals surface area contributed by atoms with Gasteiger partial charge >= 0.3 is 0 Å². The highest BCUT2D eigenvalue weighted by Crippen LogP contribution is 2.41. The number of H-pyrrole nitrogens is 1. The molecule has 2 aromatic rings. The standard InChI is InChI=1S/C22H21FN2O2S.C3H4.C2H6/c1-11-3-6-15(12(2)7-11)17-8-13-10-25(14-4-5-14)22-19(21(27)24-28-22)20(26)16(13)9-18(17)23;1-3-2;1-2/h3,6-9,12,14-15H,4-5,10H2,1-2H3,(H,24,27);1H,2H3;1-2H3. The molecule has 0 bridgehead atoms. The fourth-order valence-electron chi connectivity index (χ4n) is 4.39. The zero-order chi connectivity index (χ0) is 24.3. The van der Waals surface area contributed by atoms with E-state index >= 15 is 4.39 Å². The maximum atomic E-state index is 15.1. The van der Waals surface area contributed by atoms with E-state index in [1.165, 1.54) is 23.2 Å². The Bertz CT molecular complexity index is 1190. The molecule has 1 N–H and O–H groups in total. The monoisotopic (exact) mass is 466 g/mol. The van der Waals surface area contributed by atoms with Crippen molar-refractivity contribution in [2.24, 2.45) is 5.92 Å². The third-order valence-electron chi connectivity index (χ3n) is 5.98. The molecule has 1 saturated carbocycles. The van der Waals surface area contributed by atoms with Crippen molar-refractivity contribution in [2.75, 3.05) is 4.90 Å². The second-order valence-corrected chi connectivity index (χ2v) is 9.17. The van der Waals surface area contributed by atoms with Gasteiger partial charge in [-0.25, -0.2) is 4.39 Å². The zero-order valence-corrected chi connectivity index (χ0v) is 20.7. The minimum absolute atomic E-state index is 0.0563. The Hall–Kier alpha value is -2.91. The lowest BCUT2D eigenvalue weighted by Crippen LogP contribution is -2.24. The van der Waals surface area contributed by atoms with E-state index in [4.69, 9.17) is 0 Å². The van der Waals surface area contributed by atoms with E-state index in [9.17, 15) is 9.59 Å². The number of halogens is 1. The molecule has 0 amide bonds. The van der Waals surface area contributed by atoms with E-state index in [1.807, 2.05) is 39.0 Å². The third-order valence-corrected chi connectivity index (χ3v) is 6.90. The minimum Gasteiger partial charge on any atom is -0.354 e.